The van der Waals surface area contributed by atoms with Gasteiger partial charge < -0.3 is 9.84 Å². The van der Waals surface area contributed by atoms with E-state index in [2.05, 4.69) is 22.5 Å². The molecule has 0 heterocycles. The van der Waals surface area contributed by atoms with Gasteiger partial charge in [-0.25, -0.2) is 4.79 Å². The highest BCUT2D eigenvalue weighted by Crippen LogP contribution is 2.28. The van der Waals surface area contributed by atoms with E-state index in [9.17, 15) is 4.79 Å². The summed E-state index contributed by atoms with van der Waals surface area (Å²) in [6.45, 7) is 3.47. The lowest BCUT2D eigenvalue weighted by Crippen LogP contribution is -2.00. The first kappa shape index (κ1) is 10.8. The van der Waals surface area contributed by atoms with Crippen molar-refractivity contribution in [2.45, 2.75) is 0 Å². The molecule has 74 valence electrons. The van der Waals surface area contributed by atoms with Gasteiger partial charge >= 0.3 is 5.97 Å². The number of ether oxygens (including phenoxy) is 1. The molecule has 1 aromatic rings. The van der Waals surface area contributed by atoms with Crippen LogP contribution in [0, 0.1) is 0 Å². The third-order valence-corrected chi connectivity index (χ3v) is 2.24. The van der Waals surface area contributed by atoms with E-state index in [0.29, 0.717) is 11.3 Å². The van der Waals surface area contributed by atoms with Crippen LogP contribution in [0.5, 0.6) is 5.75 Å². The maximum absolute atomic E-state index is 10.7. The minimum atomic E-state index is -1.05. The molecule has 0 fully saturated rings. The summed E-state index contributed by atoms with van der Waals surface area (Å²) in [5.41, 5.74) is 0.512. The predicted octanol–water partition coefficient (Wildman–Crippen LogP) is 2.56. The molecule has 0 saturated heterocycles. The minimum Gasteiger partial charge on any atom is -0.496 e. The van der Waals surface area contributed by atoms with E-state index in [1.165, 1.54) is 7.11 Å². The molecule has 14 heavy (non-hydrogen) atoms. The van der Waals surface area contributed by atoms with E-state index in [0.717, 1.165) is 4.47 Å². The lowest BCUT2D eigenvalue weighted by Gasteiger charge is -2.08. The van der Waals surface area contributed by atoms with Crippen LogP contribution >= 0.6 is 15.9 Å². The molecule has 4 heteroatoms. The van der Waals surface area contributed by atoms with E-state index in [1.54, 1.807) is 18.2 Å². The highest BCUT2D eigenvalue weighted by molar-refractivity contribution is 9.10. The van der Waals surface area contributed by atoms with Gasteiger partial charge in [0, 0.05) is 10.0 Å². The smallest absolute Gasteiger partial charge is 0.335 e. The second kappa shape index (κ2) is 4.28. The summed E-state index contributed by atoms with van der Waals surface area (Å²) in [6.07, 6.45) is 0. The van der Waals surface area contributed by atoms with Crippen molar-refractivity contribution in [1.29, 1.82) is 0 Å². The third-order valence-electron chi connectivity index (χ3n) is 1.75. The summed E-state index contributed by atoms with van der Waals surface area (Å²) in [4.78, 5) is 10.7. The van der Waals surface area contributed by atoms with Crippen molar-refractivity contribution in [3.05, 3.63) is 34.8 Å². The second-order valence-corrected chi connectivity index (χ2v) is 3.54. The number of carboxylic acid groups (broad SMARTS) is 1. The lowest BCUT2D eigenvalue weighted by atomic mass is 10.1. The normalized spacial score (nSPS) is 9.57. The van der Waals surface area contributed by atoms with Crippen LogP contribution in [-0.2, 0) is 4.79 Å². The van der Waals surface area contributed by atoms with Crippen molar-refractivity contribution >= 4 is 27.5 Å². The fraction of sp³-hybridized carbons (Fsp3) is 0.100. The van der Waals surface area contributed by atoms with Crippen molar-refractivity contribution in [2.75, 3.05) is 7.11 Å². The van der Waals surface area contributed by atoms with Crippen LogP contribution in [0.1, 0.15) is 5.56 Å². The fourth-order valence-electron chi connectivity index (χ4n) is 1.03. The van der Waals surface area contributed by atoms with E-state index >= 15 is 0 Å². The summed E-state index contributed by atoms with van der Waals surface area (Å²) < 4.78 is 5.87. The Morgan fingerprint density at radius 3 is 2.71 bits per heavy atom. The van der Waals surface area contributed by atoms with Crippen LogP contribution < -0.4 is 4.74 Å². The van der Waals surface area contributed by atoms with E-state index < -0.39 is 5.97 Å². The van der Waals surface area contributed by atoms with Gasteiger partial charge in [-0.1, -0.05) is 22.5 Å². The van der Waals surface area contributed by atoms with Gasteiger partial charge in [0.15, 0.2) is 0 Å². The number of hydrogen-bond acceptors (Lipinski definition) is 2. The number of methoxy groups -OCH3 is 1. The average Bonchev–Trinajstić information content (AvgIpc) is 2.16. The van der Waals surface area contributed by atoms with Gasteiger partial charge in [-0.2, -0.15) is 0 Å². The quantitative estimate of drug-likeness (QED) is 0.846. The van der Waals surface area contributed by atoms with Crippen molar-refractivity contribution in [3.8, 4) is 5.75 Å². The Bertz CT molecular complexity index is 385. The Labute approximate surface area is 90.1 Å². The van der Waals surface area contributed by atoms with Crippen LogP contribution in [0.15, 0.2) is 29.3 Å². The first-order chi connectivity index (χ1) is 6.56. The number of halogens is 1. The number of carboxylic acids is 1. The predicted molar refractivity (Wildman–Crippen MR) is 57.4 cm³/mol. The molecule has 1 aromatic carbocycles. The molecule has 0 radical (unpaired) electrons. The number of aliphatic carboxylic acids is 1. The second-order valence-electron chi connectivity index (χ2n) is 2.63. The average molecular weight is 257 g/mol. The van der Waals surface area contributed by atoms with Crippen LogP contribution in [0.3, 0.4) is 0 Å². The van der Waals surface area contributed by atoms with E-state index in [1.807, 2.05) is 0 Å². The van der Waals surface area contributed by atoms with Gasteiger partial charge in [0.2, 0.25) is 0 Å². The van der Waals surface area contributed by atoms with Gasteiger partial charge in [0.05, 0.1) is 12.7 Å². The van der Waals surface area contributed by atoms with Gasteiger partial charge in [-0.15, -0.1) is 0 Å². The van der Waals surface area contributed by atoms with Gasteiger partial charge in [-0.3, -0.25) is 0 Å². The van der Waals surface area contributed by atoms with Gasteiger partial charge in [0.25, 0.3) is 0 Å². The van der Waals surface area contributed by atoms with E-state index in [4.69, 9.17) is 9.84 Å². The van der Waals surface area contributed by atoms with Crippen LogP contribution in [-0.4, -0.2) is 18.2 Å². The minimum absolute atomic E-state index is 0.0225. The zero-order valence-electron chi connectivity index (χ0n) is 7.58. The maximum atomic E-state index is 10.7. The molecular weight excluding hydrogens is 248 g/mol. The molecule has 3 nitrogen and oxygen atoms in total. The Balaban J connectivity index is 3.20. The van der Waals surface area contributed by atoms with Crippen molar-refractivity contribution < 1.29 is 14.6 Å². The van der Waals surface area contributed by atoms with E-state index in [-0.39, 0.29) is 5.57 Å². The van der Waals surface area contributed by atoms with Crippen molar-refractivity contribution in [2.24, 2.45) is 0 Å². The summed E-state index contributed by atoms with van der Waals surface area (Å²) in [5, 5.41) is 8.76. The molecule has 0 amide bonds. The molecule has 0 aliphatic heterocycles. The van der Waals surface area contributed by atoms with Crippen molar-refractivity contribution in [3.63, 3.8) is 0 Å². The number of hydrogen-bond donors (Lipinski definition) is 1. The number of carbonyl (C=O) groups is 1. The standard InChI is InChI=1S/C10H9BrO3/c1-6(10(12)13)8-4-3-7(11)5-9(8)14-2/h3-5H,1H2,2H3,(H,12,13). The lowest BCUT2D eigenvalue weighted by molar-refractivity contribution is -0.130. The first-order valence-corrected chi connectivity index (χ1v) is 4.61. The highest BCUT2D eigenvalue weighted by atomic mass is 79.9. The Morgan fingerprint density at radius 2 is 2.21 bits per heavy atom. The molecule has 0 atom stereocenters. The summed E-state index contributed by atoms with van der Waals surface area (Å²) in [6, 6.07) is 5.09. The molecule has 0 aromatic heterocycles. The van der Waals surface area contributed by atoms with Gasteiger partial charge in [-0.05, 0) is 18.2 Å². The summed E-state index contributed by atoms with van der Waals surface area (Å²) in [7, 11) is 1.49. The fourth-order valence-corrected chi connectivity index (χ4v) is 1.37. The van der Waals surface area contributed by atoms with Crippen LogP contribution in [0.4, 0.5) is 0 Å². The summed E-state index contributed by atoms with van der Waals surface area (Å²) >= 11 is 3.27. The molecule has 1 N–H and O–H groups in total. The Kier molecular flexibility index (Phi) is 3.30. The monoisotopic (exact) mass is 256 g/mol. The zero-order valence-corrected chi connectivity index (χ0v) is 9.17. The third kappa shape index (κ3) is 2.14. The molecule has 0 aliphatic rings. The van der Waals surface area contributed by atoms with Crippen LogP contribution in [0.2, 0.25) is 0 Å². The SMILES string of the molecule is C=C(C(=O)O)c1ccc(Br)cc1OC. The first-order valence-electron chi connectivity index (χ1n) is 3.82. The highest BCUT2D eigenvalue weighted by Gasteiger charge is 2.12. The topological polar surface area (TPSA) is 46.5 Å². The number of rotatable bonds is 3. The molecule has 0 bridgehead atoms. The molecule has 0 unspecified atom stereocenters. The Morgan fingerprint density at radius 1 is 1.57 bits per heavy atom. The molecule has 1 rings (SSSR count). The van der Waals surface area contributed by atoms with Crippen LogP contribution in [0.25, 0.3) is 5.57 Å². The maximum Gasteiger partial charge on any atom is 0.335 e. The molecular formula is C10H9BrO3. The van der Waals surface area contributed by atoms with Gasteiger partial charge in [0.1, 0.15) is 5.75 Å². The number of benzene rings is 1. The summed E-state index contributed by atoms with van der Waals surface area (Å²) in [5.74, 6) is -0.558. The molecule has 0 aliphatic carbocycles. The zero-order chi connectivity index (χ0) is 10.7. The molecule has 0 saturated carbocycles. The molecule has 0 spiro atoms. The largest absolute Gasteiger partial charge is 0.496 e. The van der Waals surface area contributed by atoms with Crippen molar-refractivity contribution in [1.82, 2.24) is 0 Å². The Hall–Kier alpha value is -1.29.